The lowest BCUT2D eigenvalue weighted by Gasteiger charge is -2.15. The van der Waals surface area contributed by atoms with Crippen molar-refractivity contribution < 1.29 is 9.18 Å². The third kappa shape index (κ3) is 4.61. The van der Waals surface area contributed by atoms with Crippen LogP contribution in [-0.4, -0.2) is 10.5 Å². The molecule has 0 fully saturated rings. The average molecular weight is 388 g/mol. The van der Waals surface area contributed by atoms with Gasteiger partial charge in [-0.2, -0.15) is 0 Å². The molecule has 1 heterocycles. The van der Waals surface area contributed by atoms with E-state index in [1.54, 1.807) is 36.0 Å². The number of nitrogens with zero attached hydrogens (tertiary/aromatic N) is 1. The molecule has 29 heavy (non-hydrogen) atoms. The van der Waals surface area contributed by atoms with Gasteiger partial charge in [-0.3, -0.25) is 9.59 Å². The van der Waals surface area contributed by atoms with Crippen LogP contribution in [0, 0.1) is 18.2 Å². The number of anilines is 1. The Morgan fingerprint density at radius 2 is 1.86 bits per heavy atom. The van der Waals surface area contributed by atoms with Crippen LogP contribution in [-0.2, 0) is 24.7 Å². The number of pyridine rings is 1. The van der Waals surface area contributed by atoms with E-state index in [1.165, 1.54) is 12.1 Å². The van der Waals surface area contributed by atoms with Gasteiger partial charge in [-0.05, 0) is 71.3 Å². The number of amides is 1. The van der Waals surface area contributed by atoms with Crippen molar-refractivity contribution in [1.82, 2.24) is 4.57 Å². The van der Waals surface area contributed by atoms with Crippen molar-refractivity contribution in [3.63, 3.8) is 0 Å². The monoisotopic (exact) mass is 388 g/mol. The molecule has 0 aliphatic heterocycles. The van der Waals surface area contributed by atoms with Crippen LogP contribution in [0.1, 0.15) is 23.6 Å². The molecule has 0 bridgehead atoms. The molecule has 3 rings (SSSR count). The zero-order valence-electron chi connectivity index (χ0n) is 16.3. The van der Waals surface area contributed by atoms with Gasteiger partial charge in [0.05, 0.1) is 0 Å². The minimum Gasteiger partial charge on any atom is -0.318 e. The maximum absolute atomic E-state index is 13.3. The summed E-state index contributed by atoms with van der Waals surface area (Å²) in [5, 5.41) is 2.66. The number of nitrogens with one attached hydrogen (secondary N) is 1. The molecule has 0 unspecified atom stereocenters. The molecule has 1 N–H and O–H groups in total. The number of carbonyl (C=O) groups excluding carboxylic acids is 1. The lowest BCUT2D eigenvalue weighted by Crippen LogP contribution is -2.20. The van der Waals surface area contributed by atoms with Crippen molar-refractivity contribution in [2.45, 2.75) is 19.8 Å². The molecule has 0 saturated heterocycles. The van der Waals surface area contributed by atoms with E-state index in [9.17, 15) is 14.0 Å². The Bertz CT molecular complexity index is 1150. The molecule has 0 radical (unpaired) electrons. The highest BCUT2D eigenvalue weighted by Gasteiger charge is 2.12. The molecule has 1 amide bonds. The number of rotatable bonds is 5. The Hall–Kier alpha value is -3.65. The molecule has 3 aromatic rings. The van der Waals surface area contributed by atoms with Crippen molar-refractivity contribution in [2.24, 2.45) is 7.05 Å². The Balaban J connectivity index is 2.12. The van der Waals surface area contributed by atoms with Gasteiger partial charge < -0.3 is 9.88 Å². The molecular formula is C24H21FN2O2. The first-order valence-corrected chi connectivity index (χ1v) is 9.26. The van der Waals surface area contributed by atoms with Crippen molar-refractivity contribution in [1.29, 1.82) is 0 Å². The number of aromatic nitrogens is 1. The van der Waals surface area contributed by atoms with Crippen LogP contribution in [0.4, 0.5) is 10.1 Å². The first kappa shape index (κ1) is 20.1. The SMILES string of the molecule is C#CC(=O)Nc1ccc(Cc2ccc(F)cc2)c(-c2cc(CC)c(=O)n(C)c2)c1. The summed E-state index contributed by atoms with van der Waals surface area (Å²) in [5.74, 6) is 1.22. The number of halogens is 1. The van der Waals surface area contributed by atoms with Gasteiger partial charge in [0.15, 0.2) is 0 Å². The second-order valence-electron chi connectivity index (χ2n) is 6.80. The van der Waals surface area contributed by atoms with E-state index in [4.69, 9.17) is 6.42 Å². The summed E-state index contributed by atoms with van der Waals surface area (Å²) in [7, 11) is 1.72. The largest absolute Gasteiger partial charge is 0.318 e. The predicted molar refractivity (Wildman–Crippen MR) is 113 cm³/mol. The predicted octanol–water partition coefficient (Wildman–Crippen LogP) is 3.92. The Morgan fingerprint density at radius 3 is 2.52 bits per heavy atom. The van der Waals surface area contributed by atoms with Crippen LogP contribution in [0.5, 0.6) is 0 Å². The number of terminal acetylenes is 1. The van der Waals surface area contributed by atoms with Crippen molar-refractivity contribution in [2.75, 3.05) is 5.32 Å². The van der Waals surface area contributed by atoms with Gasteiger partial charge in [-0.25, -0.2) is 4.39 Å². The van der Waals surface area contributed by atoms with Gasteiger partial charge in [0.25, 0.3) is 11.5 Å². The van der Waals surface area contributed by atoms with E-state index in [1.807, 2.05) is 31.0 Å². The maximum atomic E-state index is 13.3. The van der Waals surface area contributed by atoms with Crippen molar-refractivity contribution in [3.8, 4) is 23.5 Å². The van der Waals surface area contributed by atoms with Crippen LogP contribution in [0.25, 0.3) is 11.1 Å². The van der Waals surface area contributed by atoms with Gasteiger partial charge in [-0.15, -0.1) is 6.42 Å². The first-order chi connectivity index (χ1) is 13.9. The molecule has 4 nitrogen and oxygen atoms in total. The number of benzene rings is 2. The minimum absolute atomic E-state index is 0.0341. The van der Waals surface area contributed by atoms with E-state index in [0.29, 0.717) is 24.1 Å². The van der Waals surface area contributed by atoms with Crippen molar-refractivity contribution in [3.05, 3.63) is 87.6 Å². The lowest BCUT2D eigenvalue weighted by molar-refractivity contribution is -0.111. The first-order valence-electron chi connectivity index (χ1n) is 9.26. The van der Waals surface area contributed by atoms with Gasteiger partial charge in [-0.1, -0.05) is 25.1 Å². The number of aryl methyl sites for hydroxylation is 2. The Morgan fingerprint density at radius 1 is 1.14 bits per heavy atom. The molecule has 2 aromatic carbocycles. The highest BCUT2D eigenvalue weighted by Crippen LogP contribution is 2.29. The molecule has 0 atom stereocenters. The molecule has 1 aromatic heterocycles. The average Bonchev–Trinajstić information content (AvgIpc) is 2.72. The minimum atomic E-state index is -0.531. The lowest BCUT2D eigenvalue weighted by atomic mass is 9.94. The number of hydrogen-bond acceptors (Lipinski definition) is 2. The quantitative estimate of drug-likeness (QED) is 0.674. The number of carbonyl (C=O) groups is 1. The van der Waals surface area contributed by atoms with Crippen LogP contribution in [0.2, 0.25) is 0 Å². The molecule has 0 aliphatic carbocycles. The summed E-state index contributed by atoms with van der Waals surface area (Å²) in [5.41, 5.74) is 4.90. The fraction of sp³-hybridized carbons (Fsp3) is 0.167. The second-order valence-corrected chi connectivity index (χ2v) is 6.80. The topological polar surface area (TPSA) is 51.1 Å². The Kier molecular flexibility index (Phi) is 5.94. The molecule has 146 valence electrons. The van der Waals surface area contributed by atoms with Crippen molar-refractivity contribution >= 4 is 11.6 Å². The standard InChI is InChI=1S/C24H21FN2O2/c1-4-17-13-19(15-27(3)24(17)29)22-14-21(26-23(28)5-2)11-8-18(22)12-16-6-9-20(25)10-7-16/h2,6-11,13-15H,4,12H2,1,3H3,(H,26,28). The summed E-state index contributed by atoms with van der Waals surface area (Å²) >= 11 is 0. The van der Waals surface area contributed by atoms with Crippen LogP contribution in [0.3, 0.4) is 0 Å². The van der Waals surface area contributed by atoms with E-state index < -0.39 is 5.91 Å². The zero-order chi connectivity index (χ0) is 21.0. The fourth-order valence-electron chi connectivity index (χ4n) is 3.25. The van der Waals surface area contributed by atoms with Gasteiger partial charge >= 0.3 is 0 Å². The van der Waals surface area contributed by atoms with E-state index in [0.717, 1.165) is 22.3 Å². The molecule has 5 heteroatoms. The molecule has 0 spiro atoms. The van der Waals surface area contributed by atoms with Crippen LogP contribution >= 0.6 is 0 Å². The summed E-state index contributed by atoms with van der Waals surface area (Å²) in [6.07, 6.45) is 8.12. The summed E-state index contributed by atoms with van der Waals surface area (Å²) in [6.45, 7) is 1.93. The summed E-state index contributed by atoms with van der Waals surface area (Å²) in [6, 6.07) is 13.7. The van der Waals surface area contributed by atoms with Gasteiger partial charge in [0, 0.05) is 24.5 Å². The van der Waals surface area contributed by atoms with Crippen LogP contribution in [0.15, 0.2) is 59.5 Å². The fourth-order valence-corrected chi connectivity index (χ4v) is 3.25. The normalized spacial score (nSPS) is 10.4. The molecule has 0 aliphatic rings. The van der Waals surface area contributed by atoms with Crippen LogP contribution < -0.4 is 10.9 Å². The smallest absolute Gasteiger partial charge is 0.300 e. The van der Waals surface area contributed by atoms with E-state index >= 15 is 0 Å². The van der Waals surface area contributed by atoms with E-state index in [2.05, 4.69) is 5.32 Å². The highest BCUT2D eigenvalue weighted by molar-refractivity contribution is 6.03. The maximum Gasteiger partial charge on any atom is 0.300 e. The molecule has 0 saturated carbocycles. The molecular weight excluding hydrogens is 367 g/mol. The summed E-state index contributed by atoms with van der Waals surface area (Å²) < 4.78 is 14.8. The highest BCUT2D eigenvalue weighted by atomic mass is 19.1. The van der Waals surface area contributed by atoms with Gasteiger partial charge in [0.1, 0.15) is 5.82 Å². The third-order valence-corrected chi connectivity index (χ3v) is 4.76. The summed E-state index contributed by atoms with van der Waals surface area (Å²) in [4.78, 5) is 23.9. The van der Waals surface area contributed by atoms with Gasteiger partial charge in [0.2, 0.25) is 0 Å². The number of hydrogen-bond donors (Lipinski definition) is 1. The third-order valence-electron chi connectivity index (χ3n) is 4.76. The second kappa shape index (κ2) is 8.57. The zero-order valence-corrected chi connectivity index (χ0v) is 16.3. The van der Waals surface area contributed by atoms with E-state index in [-0.39, 0.29) is 11.4 Å². The Labute approximate surface area is 169 Å².